The highest BCUT2D eigenvalue weighted by Gasteiger charge is 2.46. The van der Waals surface area contributed by atoms with E-state index in [1.165, 1.54) is 6.42 Å². The quantitative estimate of drug-likeness (QED) is 0.223. The maximum Gasteiger partial charge on any atom is 0.254 e. The number of hydrogen-bond acceptors (Lipinski definition) is 4. The summed E-state index contributed by atoms with van der Waals surface area (Å²) < 4.78 is 39.4. The molecule has 5 aromatic rings. The number of rotatable bonds is 7. The van der Waals surface area contributed by atoms with Crippen molar-refractivity contribution < 1.29 is 23.1 Å². The fourth-order valence-corrected chi connectivity index (χ4v) is 7.88. The van der Waals surface area contributed by atoms with Gasteiger partial charge in [0, 0.05) is 42.6 Å². The number of amides is 2. The molecule has 236 valence electrons. The topological polar surface area (TPSA) is 95.4 Å². The van der Waals surface area contributed by atoms with Gasteiger partial charge in [0.25, 0.3) is 11.8 Å². The number of nitrogens with zero attached hydrogens (tertiary/aromatic N) is 4. The number of nitrogens with two attached hydrogens (primary N) is 1. The summed E-state index contributed by atoms with van der Waals surface area (Å²) in [5, 5.41) is 0.960. The van der Waals surface area contributed by atoms with Gasteiger partial charge in [-0.05, 0) is 91.0 Å². The smallest absolute Gasteiger partial charge is 0.254 e. The van der Waals surface area contributed by atoms with Crippen LogP contribution in [0.2, 0.25) is 0 Å². The van der Waals surface area contributed by atoms with Crippen LogP contribution < -0.4 is 10.5 Å². The first-order chi connectivity index (χ1) is 22.1. The second-order valence-corrected chi connectivity index (χ2v) is 13.3. The molecule has 1 saturated heterocycles. The molecule has 3 fully saturated rings. The molecule has 3 unspecified atom stereocenters. The molecule has 3 aliphatic rings. The number of ether oxygens (including phenoxy) is 1. The predicted octanol–water partition coefficient (Wildman–Crippen LogP) is 6.53. The zero-order valence-corrected chi connectivity index (χ0v) is 26.0. The molecule has 2 saturated carbocycles. The summed E-state index contributed by atoms with van der Waals surface area (Å²) in [7, 11) is 3.56. The molecule has 3 aromatic carbocycles. The van der Waals surface area contributed by atoms with E-state index in [2.05, 4.69) is 17.6 Å². The van der Waals surface area contributed by atoms with Crippen LogP contribution in [-0.4, -0.2) is 50.5 Å². The molecule has 2 aliphatic carbocycles. The molecule has 2 aromatic heterocycles. The monoisotopic (exact) mass is 623 g/mol. The van der Waals surface area contributed by atoms with Gasteiger partial charge in [0.2, 0.25) is 0 Å². The number of hydrogen-bond donors (Lipinski definition) is 1. The van der Waals surface area contributed by atoms with Gasteiger partial charge in [-0.2, -0.15) is 0 Å². The Morgan fingerprint density at radius 1 is 1.00 bits per heavy atom. The van der Waals surface area contributed by atoms with Crippen LogP contribution in [0.5, 0.6) is 5.75 Å². The van der Waals surface area contributed by atoms with Gasteiger partial charge in [-0.25, -0.2) is 13.8 Å². The molecular weight excluding hydrogens is 588 g/mol. The van der Waals surface area contributed by atoms with Crippen LogP contribution in [0.4, 0.5) is 8.78 Å². The number of aromatic nitrogens is 3. The van der Waals surface area contributed by atoms with E-state index >= 15 is 0 Å². The normalized spacial score (nSPS) is 20.7. The van der Waals surface area contributed by atoms with Crippen LogP contribution in [0.3, 0.4) is 0 Å². The Morgan fingerprint density at radius 2 is 1.76 bits per heavy atom. The molecule has 2 bridgehead atoms. The summed E-state index contributed by atoms with van der Waals surface area (Å²) in [6, 6.07) is 14.0. The number of imidazole rings is 1. The van der Waals surface area contributed by atoms with Crippen LogP contribution >= 0.6 is 0 Å². The maximum atomic E-state index is 14.7. The van der Waals surface area contributed by atoms with E-state index in [9.17, 15) is 18.4 Å². The van der Waals surface area contributed by atoms with E-state index in [4.69, 9.17) is 15.5 Å². The lowest BCUT2D eigenvalue weighted by atomic mass is 10.0. The highest BCUT2D eigenvalue weighted by atomic mass is 19.1. The third kappa shape index (κ3) is 4.40. The second kappa shape index (κ2) is 10.4. The van der Waals surface area contributed by atoms with Crippen LogP contribution in [0.1, 0.15) is 53.3 Å². The minimum atomic E-state index is -1.15. The van der Waals surface area contributed by atoms with Crippen molar-refractivity contribution in [3.8, 4) is 28.4 Å². The summed E-state index contributed by atoms with van der Waals surface area (Å²) in [6.07, 6.45) is 4.50. The largest absolute Gasteiger partial charge is 0.494 e. The Labute approximate surface area is 264 Å². The van der Waals surface area contributed by atoms with Crippen molar-refractivity contribution in [2.45, 2.75) is 45.2 Å². The summed E-state index contributed by atoms with van der Waals surface area (Å²) >= 11 is 0. The standard InChI is InChI=1S/C36H35F2N5O3/c1-18-22-8-9-28(18)43(17-22)36(45)24-12-27-33(31(15-24)46-3)41(2)35(40-27)30-14-21-7-6-20(13-29(21)42(30)16-19-4-5-19)23-10-25(37)32(34(39)44)26(38)11-23/h6-7,10-15,18-19,22,28H,4-5,8-9,16-17H2,1-3H3,(H2,39,44). The molecule has 46 heavy (non-hydrogen) atoms. The Hall–Kier alpha value is -4.73. The van der Waals surface area contributed by atoms with Crippen LogP contribution in [-0.2, 0) is 13.6 Å². The summed E-state index contributed by atoms with van der Waals surface area (Å²) in [5.74, 6) is -0.158. The second-order valence-electron chi connectivity index (χ2n) is 13.3. The number of halogens is 2. The number of methoxy groups -OCH3 is 1. The van der Waals surface area contributed by atoms with Gasteiger partial charge in [0.1, 0.15) is 28.5 Å². The molecule has 3 heterocycles. The average Bonchev–Trinajstić information content (AvgIpc) is 3.43. The van der Waals surface area contributed by atoms with Crippen molar-refractivity contribution in [3.63, 3.8) is 0 Å². The first kappa shape index (κ1) is 28.7. The van der Waals surface area contributed by atoms with Crippen LogP contribution in [0.25, 0.3) is 44.6 Å². The van der Waals surface area contributed by atoms with Gasteiger partial charge in [0.05, 0.1) is 18.3 Å². The number of benzene rings is 3. The van der Waals surface area contributed by atoms with Gasteiger partial charge in [-0.1, -0.05) is 19.1 Å². The third-order valence-corrected chi connectivity index (χ3v) is 10.6. The lowest BCUT2D eigenvalue weighted by Gasteiger charge is -2.27. The Balaban J connectivity index is 1.23. The Morgan fingerprint density at radius 3 is 2.39 bits per heavy atom. The molecule has 3 atom stereocenters. The molecular formula is C36H35F2N5O3. The fraction of sp³-hybridized carbons (Fsp3) is 0.361. The molecule has 8 rings (SSSR count). The minimum absolute atomic E-state index is 0.0264. The van der Waals surface area contributed by atoms with E-state index < -0.39 is 23.1 Å². The Bertz CT molecular complexity index is 2070. The van der Waals surface area contributed by atoms with Crippen LogP contribution in [0.15, 0.2) is 48.5 Å². The number of likely N-dealkylation sites (tertiary alicyclic amines) is 1. The highest BCUT2D eigenvalue weighted by molar-refractivity contribution is 6.01. The first-order valence-corrected chi connectivity index (χ1v) is 15.9. The summed E-state index contributed by atoms with van der Waals surface area (Å²) in [4.78, 5) is 32.4. The number of fused-ring (bicyclic) bond motifs is 4. The van der Waals surface area contributed by atoms with E-state index in [1.807, 2.05) is 46.8 Å². The van der Waals surface area contributed by atoms with Gasteiger partial charge >= 0.3 is 0 Å². The van der Waals surface area contributed by atoms with Gasteiger partial charge < -0.3 is 24.5 Å². The Kier molecular flexibility index (Phi) is 6.49. The molecule has 2 N–H and O–H groups in total. The maximum absolute atomic E-state index is 14.7. The molecule has 8 nitrogen and oxygen atoms in total. The van der Waals surface area contributed by atoms with Crippen molar-refractivity contribution >= 4 is 33.8 Å². The highest BCUT2D eigenvalue weighted by Crippen LogP contribution is 2.44. The zero-order chi connectivity index (χ0) is 32.0. The molecule has 0 radical (unpaired) electrons. The van der Waals surface area contributed by atoms with E-state index in [-0.39, 0.29) is 11.9 Å². The van der Waals surface area contributed by atoms with Crippen molar-refractivity contribution in [2.75, 3.05) is 13.7 Å². The predicted molar refractivity (Wildman–Crippen MR) is 172 cm³/mol. The molecule has 2 amide bonds. The lowest BCUT2D eigenvalue weighted by molar-refractivity contribution is 0.0695. The zero-order valence-electron chi connectivity index (χ0n) is 26.0. The number of carbonyl (C=O) groups excluding carboxylic acids is 2. The van der Waals surface area contributed by atoms with E-state index in [0.29, 0.717) is 45.7 Å². The number of primary amides is 1. The molecule has 1 aliphatic heterocycles. The lowest BCUT2D eigenvalue weighted by Crippen LogP contribution is -2.38. The van der Waals surface area contributed by atoms with Gasteiger partial charge in [0.15, 0.2) is 5.82 Å². The van der Waals surface area contributed by atoms with Crippen molar-refractivity contribution in [1.29, 1.82) is 0 Å². The molecule has 0 spiro atoms. The fourth-order valence-electron chi connectivity index (χ4n) is 7.88. The van der Waals surface area contributed by atoms with Crippen molar-refractivity contribution in [3.05, 3.63) is 71.3 Å². The summed E-state index contributed by atoms with van der Waals surface area (Å²) in [6.45, 7) is 3.83. The summed E-state index contributed by atoms with van der Waals surface area (Å²) in [5.41, 5.74) is 9.24. The molecule has 10 heteroatoms. The average molecular weight is 624 g/mol. The first-order valence-electron chi connectivity index (χ1n) is 15.9. The van der Waals surface area contributed by atoms with Crippen molar-refractivity contribution in [2.24, 2.45) is 30.5 Å². The van der Waals surface area contributed by atoms with Gasteiger partial charge in [-0.3, -0.25) is 9.59 Å². The van der Waals surface area contributed by atoms with E-state index in [0.717, 1.165) is 72.4 Å². The van der Waals surface area contributed by atoms with Crippen LogP contribution in [0, 0.1) is 29.4 Å². The van der Waals surface area contributed by atoms with E-state index in [1.54, 1.807) is 7.11 Å². The number of piperidine rings is 1. The SMILES string of the molecule is COc1cc(C(=O)N2CC3CCC2C3C)cc2nc(-c3cc4ccc(-c5cc(F)c(C(N)=O)c(F)c5)cc4n3CC3CC3)n(C)c12. The number of aryl methyl sites for hydroxylation is 1. The minimum Gasteiger partial charge on any atom is -0.494 e. The van der Waals surface area contributed by atoms with Gasteiger partial charge in [-0.15, -0.1) is 0 Å². The van der Waals surface area contributed by atoms with Crippen molar-refractivity contribution in [1.82, 2.24) is 19.0 Å². The third-order valence-electron chi connectivity index (χ3n) is 10.6. The number of carbonyl (C=O) groups is 2.